The van der Waals surface area contributed by atoms with Gasteiger partial charge in [-0.2, -0.15) is 0 Å². The van der Waals surface area contributed by atoms with Crippen molar-refractivity contribution >= 4 is 60.6 Å². The van der Waals surface area contributed by atoms with Crippen molar-refractivity contribution in [1.82, 2.24) is 19.7 Å². The number of anilines is 2. The van der Waals surface area contributed by atoms with Gasteiger partial charge in [0.25, 0.3) is 10.0 Å². The van der Waals surface area contributed by atoms with Crippen LogP contribution in [0.4, 0.5) is 10.8 Å². The number of amides is 1. The van der Waals surface area contributed by atoms with Crippen LogP contribution in [0.15, 0.2) is 58.9 Å². The molecule has 0 radical (unpaired) electrons. The average Bonchev–Trinajstić information content (AvgIpc) is 3.46. The van der Waals surface area contributed by atoms with Crippen LogP contribution in [0, 0.1) is 6.92 Å². The first kappa shape index (κ1) is 23.6. The second-order valence-electron chi connectivity index (χ2n) is 8.29. The fourth-order valence-electron chi connectivity index (χ4n) is 4.27. The number of nitrogens with zero attached hydrogens (tertiary/aromatic N) is 5. The summed E-state index contributed by atoms with van der Waals surface area (Å²) in [6, 6.07) is 14.4. The van der Waals surface area contributed by atoms with Crippen molar-refractivity contribution < 1.29 is 14.6 Å². The molecular weight excluding hydrogens is 508 g/mol. The molecule has 5 rings (SSSR count). The van der Waals surface area contributed by atoms with Crippen LogP contribution in [-0.2, 0) is 21.4 Å². The molecule has 0 spiro atoms. The highest BCUT2D eigenvalue weighted by atomic mass is 35.5. The molecule has 0 aliphatic carbocycles. The predicted molar refractivity (Wildman–Crippen MR) is 140 cm³/mol. The Morgan fingerprint density at radius 2 is 1.86 bits per heavy atom. The number of rotatable bonds is 6. The third-order valence-corrected chi connectivity index (χ3v) is 8.42. The van der Waals surface area contributed by atoms with E-state index < -0.39 is 10.0 Å². The van der Waals surface area contributed by atoms with E-state index in [1.807, 2.05) is 40.7 Å². The van der Waals surface area contributed by atoms with Gasteiger partial charge in [0.2, 0.25) is 11.0 Å². The Bertz CT molecular complexity index is 1470. The number of piperazine rings is 1. The summed E-state index contributed by atoms with van der Waals surface area (Å²) in [6.45, 7) is 4.81. The zero-order valence-corrected chi connectivity index (χ0v) is 21.3. The number of carbonyl (C=O) groups is 1. The number of nitrogens with one attached hydrogen (secondary N) is 1. The van der Waals surface area contributed by atoms with Crippen LogP contribution in [0.1, 0.15) is 7.12 Å². The normalized spacial score (nSPS) is 14.5. The molecule has 1 saturated heterocycles. The summed E-state index contributed by atoms with van der Waals surface area (Å²) in [5, 5.41) is 9.28. The molecule has 2 aromatic carbocycles. The van der Waals surface area contributed by atoms with Gasteiger partial charge in [0.1, 0.15) is 12.1 Å². The van der Waals surface area contributed by atoms with E-state index in [1.54, 1.807) is 24.3 Å². The highest BCUT2D eigenvalue weighted by molar-refractivity contribution is 7.93. The van der Waals surface area contributed by atoms with Crippen LogP contribution in [0.2, 0.25) is 5.02 Å². The smallest absolute Gasteiger partial charge is 0.263 e. The maximum Gasteiger partial charge on any atom is 0.263 e. The van der Waals surface area contributed by atoms with Crippen molar-refractivity contribution in [2.75, 3.05) is 35.8 Å². The topological polar surface area (TPSA) is 100 Å². The number of sulfonamides is 1. The minimum atomic E-state index is -3.72. The van der Waals surface area contributed by atoms with Gasteiger partial charge in [0.15, 0.2) is 0 Å². The van der Waals surface area contributed by atoms with Gasteiger partial charge in [-0.3, -0.25) is 9.52 Å². The number of halogens is 1. The second kappa shape index (κ2) is 9.48. The number of hydrogen-bond acceptors (Lipinski definition) is 7. The van der Waals surface area contributed by atoms with E-state index in [1.165, 1.54) is 5.51 Å². The van der Waals surface area contributed by atoms with Gasteiger partial charge < -0.3 is 14.4 Å². The summed E-state index contributed by atoms with van der Waals surface area (Å²) in [6.07, 6.45) is 0. The fourth-order valence-corrected chi connectivity index (χ4v) is 6.14. The number of aromatic nitrogens is 3. The molecule has 1 amide bonds. The second-order valence-corrected chi connectivity index (χ2v) is 11.2. The molecule has 2 aromatic heterocycles. The van der Waals surface area contributed by atoms with E-state index in [4.69, 9.17) is 11.6 Å². The third kappa shape index (κ3) is 4.97. The fraction of sp³-hybridized carbons (Fsp3) is 0.261. The zero-order chi connectivity index (χ0) is 24.6. The molecule has 9 nitrogen and oxygen atoms in total. The standard InChI is InChI=1S/C23H23ClN6O3S2.H2/c1-16-12-17-13-18(24)2-7-21(17)30(16)14-22(31)29-10-8-28(9-11-29)19-3-5-20(6-4-19)35(32,33)27-23-26-25-15-34-23;/h2-7,12-13,15H,8-11,14H2,1H3,(H,26,27);1H. The van der Waals surface area contributed by atoms with Crippen LogP contribution in [0.5, 0.6) is 0 Å². The lowest BCUT2D eigenvalue weighted by Crippen LogP contribution is -2.49. The first-order chi connectivity index (χ1) is 16.8. The van der Waals surface area contributed by atoms with Crippen LogP contribution >= 0.6 is 22.9 Å². The Labute approximate surface area is 213 Å². The van der Waals surface area contributed by atoms with Crippen LogP contribution in [0.3, 0.4) is 0 Å². The van der Waals surface area contributed by atoms with Crippen LogP contribution in [0.25, 0.3) is 10.9 Å². The third-order valence-electron chi connectivity index (χ3n) is 6.09. The van der Waals surface area contributed by atoms with Crippen molar-refractivity contribution in [2.45, 2.75) is 18.4 Å². The van der Waals surface area contributed by atoms with Crippen LogP contribution in [-0.4, -0.2) is 60.2 Å². The van der Waals surface area contributed by atoms with Crippen molar-refractivity contribution in [3.63, 3.8) is 0 Å². The minimum Gasteiger partial charge on any atom is -0.368 e. The maximum atomic E-state index is 13.0. The molecule has 3 heterocycles. The summed E-state index contributed by atoms with van der Waals surface area (Å²) in [5.41, 5.74) is 4.39. The molecule has 0 unspecified atom stereocenters. The molecule has 1 fully saturated rings. The molecule has 12 heteroatoms. The zero-order valence-electron chi connectivity index (χ0n) is 18.9. The van der Waals surface area contributed by atoms with E-state index >= 15 is 0 Å². The van der Waals surface area contributed by atoms with Gasteiger partial charge in [-0.15, -0.1) is 10.2 Å². The summed E-state index contributed by atoms with van der Waals surface area (Å²) >= 11 is 7.22. The highest BCUT2D eigenvalue weighted by Gasteiger charge is 2.23. The van der Waals surface area contributed by atoms with Crippen molar-refractivity contribution in [3.05, 3.63) is 64.8 Å². The van der Waals surface area contributed by atoms with Gasteiger partial charge in [0, 0.05) is 54.9 Å². The van der Waals surface area contributed by atoms with Crippen LogP contribution < -0.4 is 9.62 Å². The number of aryl methyl sites for hydroxylation is 1. The Morgan fingerprint density at radius 1 is 1.11 bits per heavy atom. The van der Waals surface area contributed by atoms with E-state index in [2.05, 4.69) is 19.8 Å². The largest absolute Gasteiger partial charge is 0.368 e. The molecule has 1 aliphatic rings. The molecule has 184 valence electrons. The quantitative estimate of drug-likeness (QED) is 0.405. The Hall–Kier alpha value is -3.15. The van der Waals surface area contributed by atoms with E-state index in [9.17, 15) is 13.2 Å². The molecule has 1 N–H and O–H groups in total. The lowest BCUT2D eigenvalue weighted by molar-refractivity contribution is -0.132. The van der Waals surface area contributed by atoms with Crippen molar-refractivity contribution in [1.29, 1.82) is 0 Å². The van der Waals surface area contributed by atoms with Gasteiger partial charge in [-0.1, -0.05) is 22.9 Å². The van der Waals surface area contributed by atoms with E-state index in [0.717, 1.165) is 33.6 Å². The lowest BCUT2D eigenvalue weighted by atomic mass is 10.2. The Balaban J connectivity index is 0.00000304. The van der Waals surface area contributed by atoms with E-state index in [0.29, 0.717) is 31.2 Å². The molecule has 0 saturated carbocycles. The monoisotopic (exact) mass is 532 g/mol. The number of hydrogen-bond donors (Lipinski definition) is 1. The summed E-state index contributed by atoms with van der Waals surface area (Å²) in [7, 11) is -3.72. The molecule has 4 aromatic rings. The molecule has 0 bridgehead atoms. The van der Waals surface area contributed by atoms with Gasteiger partial charge >= 0.3 is 0 Å². The SMILES string of the molecule is Cc1cc2cc(Cl)ccc2n1CC(=O)N1CCN(c2ccc(S(=O)(=O)Nc3nncs3)cc2)CC1.[HH]. The predicted octanol–water partition coefficient (Wildman–Crippen LogP) is 3.85. The first-order valence-corrected chi connectivity index (χ1v) is 13.7. The number of benzene rings is 2. The van der Waals surface area contributed by atoms with Crippen molar-refractivity contribution in [3.8, 4) is 0 Å². The minimum absolute atomic E-state index is 0. The summed E-state index contributed by atoms with van der Waals surface area (Å²) in [5.74, 6) is 0.0735. The highest BCUT2D eigenvalue weighted by Crippen LogP contribution is 2.25. The maximum absolute atomic E-state index is 13.0. The summed E-state index contributed by atoms with van der Waals surface area (Å²) < 4.78 is 29.5. The molecule has 1 aliphatic heterocycles. The van der Waals surface area contributed by atoms with Gasteiger partial charge in [-0.25, -0.2) is 8.42 Å². The van der Waals surface area contributed by atoms with E-state index in [-0.39, 0.29) is 23.9 Å². The van der Waals surface area contributed by atoms with Crippen molar-refractivity contribution in [2.24, 2.45) is 0 Å². The molecule has 35 heavy (non-hydrogen) atoms. The average molecular weight is 533 g/mol. The Morgan fingerprint density at radius 3 is 2.54 bits per heavy atom. The Kier molecular flexibility index (Phi) is 6.39. The first-order valence-electron chi connectivity index (χ1n) is 11.0. The number of carbonyl (C=O) groups excluding carboxylic acids is 1. The van der Waals surface area contributed by atoms with Gasteiger partial charge in [0.05, 0.1) is 4.90 Å². The van der Waals surface area contributed by atoms with Gasteiger partial charge in [-0.05, 0) is 55.5 Å². The molecular formula is C23H25ClN6O3S2. The summed E-state index contributed by atoms with van der Waals surface area (Å²) in [4.78, 5) is 17.2. The number of fused-ring (bicyclic) bond motifs is 1. The molecule has 0 atom stereocenters. The lowest BCUT2D eigenvalue weighted by Gasteiger charge is -2.36.